The van der Waals surface area contributed by atoms with Gasteiger partial charge in [0.05, 0.1) is 11.7 Å². The predicted molar refractivity (Wildman–Crippen MR) is 127 cm³/mol. The first-order valence-corrected chi connectivity index (χ1v) is 10.7. The lowest BCUT2D eigenvalue weighted by Crippen LogP contribution is -2.27. The number of carbonyl (C=O) groups excluding carboxylic acids is 1. The second-order valence-corrected chi connectivity index (χ2v) is 8.09. The molecular formula is C26H20Cl2N2O. The molecule has 154 valence electrons. The number of rotatable bonds is 5. The van der Waals surface area contributed by atoms with Gasteiger partial charge in [-0.3, -0.25) is 4.79 Å². The number of nitrogens with one attached hydrogen (secondary N) is 1. The van der Waals surface area contributed by atoms with Crippen LogP contribution in [-0.4, -0.2) is 10.9 Å². The van der Waals surface area contributed by atoms with Crippen molar-refractivity contribution < 1.29 is 4.79 Å². The molecule has 1 aromatic heterocycles. The molecule has 4 rings (SSSR count). The highest BCUT2D eigenvalue weighted by molar-refractivity contribution is 6.31. The van der Waals surface area contributed by atoms with E-state index in [0.717, 1.165) is 22.3 Å². The Balaban J connectivity index is 1.71. The third-order valence-electron chi connectivity index (χ3n) is 5.05. The van der Waals surface area contributed by atoms with Crippen molar-refractivity contribution in [3.8, 4) is 22.4 Å². The van der Waals surface area contributed by atoms with Gasteiger partial charge in [-0.05, 0) is 54.4 Å². The number of nitrogens with zero attached hydrogens (tertiary/aromatic N) is 1. The highest BCUT2D eigenvalue weighted by Gasteiger charge is 2.16. The van der Waals surface area contributed by atoms with Crippen LogP contribution in [0.5, 0.6) is 0 Å². The monoisotopic (exact) mass is 446 g/mol. The molecule has 1 amide bonds. The molecule has 0 bridgehead atoms. The first kappa shape index (κ1) is 21.1. The fraction of sp³-hybridized carbons (Fsp3) is 0.0769. The summed E-state index contributed by atoms with van der Waals surface area (Å²) in [5.74, 6) is -0.228. The Morgan fingerprint density at radius 2 is 1.35 bits per heavy atom. The second-order valence-electron chi connectivity index (χ2n) is 7.21. The van der Waals surface area contributed by atoms with Crippen LogP contribution in [0, 0.1) is 0 Å². The van der Waals surface area contributed by atoms with E-state index in [1.54, 1.807) is 6.07 Å². The van der Waals surface area contributed by atoms with Crippen LogP contribution in [0.25, 0.3) is 22.4 Å². The fourth-order valence-corrected chi connectivity index (χ4v) is 3.62. The minimum Gasteiger partial charge on any atom is -0.344 e. The number of aromatic nitrogens is 1. The molecule has 1 heterocycles. The lowest BCUT2D eigenvalue weighted by Gasteiger charge is -2.16. The standard InChI is InChI=1S/C26H20Cl2N2O/c1-17(18-5-3-2-4-6-18)29-26(31)24-16-15-23(19-7-11-21(27)12-8-19)25(30-24)20-9-13-22(28)14-10-20/h2-17H,1H3,(H,29,31). The molecule has 1 unspecified atom stereocenters. The van der Waals surface area contributed by atoms with E-state index in [1.165, 1.54) is 0 Å². The summed E-state index contributed by atoms with van der Waals surface area (Å²) >= 11 is 12.1. The van der Waals surface area contributed by atoms with Crippen molar-refractivity contribution in [1.29, 1.82) is 0 Å². The number of amides is 1. The largest absolute Gasteiger partial charge is 0.344 e. The van der Waals surface area contributed by atoms with Gasteiger partial charge in [-0.1, -0.05) is 77.8 Å². The highest BCUT2D eigenvalue weighted by atomic mass is 35.5. The Labute approximate surface area is 191 Å². The summed E-state index contributed by atoms with van der Waals surface area (Å²) in [5, 5.41) is 4.33. The smallest absolute Gasteiger partial charge is 0.270 e. The average Bonchev–Trinajstić information content (AvgIpc) is 2.80. The summed E-state index contributed by atoms with van der Waals surface area (Å²) in [6.45, 7) is 1.95. The minimum atomic E-state index is -0.228. The Morgan fingerprint density at radius 1 is 0.774 bits per heavy atom. The van der Waals surface area contributed by atoms with Gasteiger partial charge in [0.1, 0.15) is 5.69 Å². The van der Waals surface area contributed by atoms with Crippen molar-refractivity contribution in [3.63, 3.8) is 0 Å². The molecule has 0 radical (unpaired) electrons. The average molecular weight is 447 g/mol. The first-order valence-electron chi connectivity index (χ1n) is 9.90. The minimum absolute atomic E-state index is 0.134. The van der Waals surface area contributed by atoms with Gasteiger partial charge in [0.2, 0.25) is 0 Å². The molecule has 4 aromatic rings. The zero-order chi connectivity index (χ0) is 21.8. The van der Waals surface area contributed by atoms with Crippen molar-refractivity contribution in [3.05, 3.63) is 112 Å². The number of pyridine rings is 1. The summed E-state index contributed by atoms with van der Waals surface area (Å²) in [5.41, 5.74) is 4.84. The van der Waals surface area contributed by atoms with Gasteiger partial charge in [0, 0.05) is 21.2 Å². The third kappa shape index (κ3) is 4.96. The molecule has 3 aromatic carbocycles. The molecule has 5 heteroatoms. The van der Waals surface area contributed by atoms with Crippen LogP contribution >= 0.6 is 23.2 Å². The lowest BCUT2D eigenvalue weighted by atomic mass is 9.98. The molecule has 0 saturated carbocycles. The third-order valence-corrected chi connectivity index (χ3v) is 5.55. The van der Waals surface area contributed by atoms with Gasteiger partial charge in [0.25, 0.3) is 5.91 Å². The van der Waals surface area contributed by atoms with Gasteiger partial charge >= 0.3 is 0 Å². The molecule has 0 aliphatic heterocycles. The zero-order valence-electron chi connectivity index (χ0n) is 16.8. The van der Waals surface area contributed by atoms with Gasteiger partial charge in [-0.2, -0.15) is 0 Å². The molecule has 1 N–H and O–H groups in total. The Bertz CT molecular complexity index is 1190. The predicted octanol–water partition coefficient (Wildman–Crippen LogP) is 7.21. The van der Waals surface area contributed by atoms with Crippen LogP contribution in [0.15, 0.2) is 91.0 Å². The van der Waals surface area contributed by atoms with Crippen LogP contribution in [0.1, 0.15) is 29.0 Å². The molecule has 31 heavy (non-hydrogen) atoms. The SMILES string of the molecule is CC(NC(=O)c1ccc(-c2ccc(Cl)cc2)c(-c2ccc(Cl)cc2)n1)c1ccccc1. The zero-order valence-corrected chi connectivity index (χ0v) is 18.4. The molecule has 0 fully saturated rings. The van der Waals surface area contributed by atoms with E-state index in [-0.39, 0.29) is 11.9 Å². The second kappa shape index (κ2) is 9.34. The van der Waals surface area contributed by atoms with Crippen LogP contribution in [0.4, 0.5) is 0 Å². The number of carbonyl (C=O) groups is 1. The van der Waals surface area contributed by atoms with Crippen molar-refractivity contribution in [2.24, 2.45) is 0 Å². The van der Waals surface area contributed by atoms with Crippen molar-refractivity contribution in [1.82, 2.24) is 10.3 Å². The fourth-order valence-electron chi connectivity index (χ4n) is 3.37. The first-order chi connectivity index (χ1) is 15.0. The maximum absolute atomic E-state index is 12.9. The molecule has 0 aliphatic rings. The quantitative estimate of drug-likeness (QED) is 0.351. The Hall–Kier alpha value is -3.14. The van der Waals surface area contributed by atoms with Crippen LogP contribution in [0.2, 0.25) is 10.0 Å². The molecule has 0 spiro atoms. The number of benzene rings is 3. The number of hydrogen-bond acceptors (Lipinski definition) is 2. The summed E-state index contributed by atoms with van der Waals surface area (Å²) in [6.07, 6.45) is 0. The van der Waals surface area contributed by atoms with E-state index in [4.69, 9.17) is 28.2 Å². The number of hydrogen-bond donors (Lipinski definition) is 1. The summed E-state index contributed by atoms with van der Waals surface area (Å²) in [7, 11) is 0. The molecule has 0 aliphatic carbocycles. The van der Waals surface area contributed by atoms with Gasteiger partial charge in [0.15, 0.2) is 0 Å². The summed E-state index contributed by atoms with van der Waals surface area (Å²) in [6, 6.07) is 28.4. The van der Waals surface area contributed by atoms with E-state index in [2.05, 4.69) is 5.32 Å². The van der Waals surface area contributed by atoms with Crippen LogP contribution < -0.4 is 5.32 Å². The maximum Gasteiger partial charge on any atom is 0.270 e. The van der Waals surface area contributed by atoms with E-state index in [9.17, 15) is 4.79 Å². The Kier molecular flexibility index (Phi) is 6.36. The van der Waals surface area contributed by atoms with Crippen LogP contribution in [0.3, 0.4) is 0 Å². The van der Waals surface area contributed by atoms with Crippen molar-refractivity contribution in [2.45, 2.75) is 13.0 Å². The molecule has 1 atom stereocenters. The van der Waals surface area contributed by atoms with Crippen molar-refractivity contribution >= 4 is 29.1 Å². The lowest BCUT2D eigenvalue weighted by molar-refractivity contribution is 0.0935. The normalized spacial score (nSPS) is 11.7. The van der Waals surface area contributed by atoms with E-state index >= 15 is 0 Å². The van der Waals surface area contributed by atoms with Gasteiger partial charge < -0.3 is 5.32 Å². The Morgan fingerprint density at radius 3 is 1.97 bits per heavy atom. The maximum atomic E-state index is 12.9. The van der Waals surface area contributed by atoms with Crippen molar-refractivity contribution in [2.75, 3.05) is 0 Å². The van der Waals surface area contributed by atoms with E-state index in [0.29, 0.717) is 21.4 Å². The molecular weight excluding hydrogens is 427 g/mol. The molecule has 3 nitrogen and oxygen atoms in total. The van der Waals surface area contributed by atoms with E-state index in [1.807, 2.05) is 91.9 Å². The summed E-state index contributed by atoms with van der Waals surface area (Å²) in [4.78, 5) is 17.7. The topological polar surface area (TPSA) is 42.0 Å². The molecule has 0 saturated heterocycles. The van der Waals surface area contributed by atoms with Gasteiger partial charge in [-0.25, -0.2) is 4.98 Å². The number of halogens is 2. The summed E-state index contributed by atoms with van der Waals surface area (Å²) < 4.78 is 0. The van der Waals surface area contributed by atoms with E-state index < -0.39 is 0 Å². The van der Waals surface area contributed by atoms with Gasteiger partial charge in [-0.15, -0.1) is 0 Å². The highest BCUT2D eigenvalue weighted by Crippen LogP contribution is 2.32. The van der Waals surface area contributed by atoms with Crippen LogP contribution in [-0.2, 0) is 0 Å².